The first-order chi connectivity index (χ1) is 5.77. The fourth-order valence-electron chi connectivity index (χ4n) is 1.15. The van der Waals surface area contributed by atoms with E-state index in [-0.39, 0.29) is 0 Å². The Morgan fingerprint density at radius 2 is 2.00 bits per heavy atom. The molecule has 0 aliphatic heterocycles. The van der Waals surface area contributed by atoms with Crippen LogP contribution in [-0.2, 0) is 0 Å². The molecule has 1 heterocycles. The summed E-state index contributed by atoms with van der Waals surface area (Å²) in [7, 11) is 5.72. The van der Waals surface area contributed by atoms with E-state index < -0.39 is 0 Å². The van der Waals surface area contributed by atoms with Gasteiger partial charge in [0.05, 0.1) is 5.52 Å². The van der Waals surface area contributed by atoms with Crippen molar-refractivity contribution >= 4 is 35.8 Å². The van der Waals surface area contributed by atoms with Crippen LogP contribution in [0.15, 0.2) is 30.3 Å². The molecule has 0 fully saturated rings. The second kappa shape index (κ2) is 2.79. The Morgan fingerprint density at radius 3 is 2.83 bits per heavy atom. The van der Waals surface area contributed by atoms with Gasteiger partial charge in [0.1, 0.15) is 13.0 Å². The van der Waals surface area contributed by atoms with Gasteiger partial charge in [0, 0.05) is 0 Å². The number of halogens is 1. The monoisotopic (exact) mass is 173 g/mol. The third kappa shape index (κ3) is 1.19. The number of hydrogen-bond donors (Lipinski definition) is 0. The third-order valence-electron chi connectivity index (χ3n) is 1.73. The van der Waals surface area contributed by atoms with E-state index in [4.69, 9.17) is 19.4 Å². The van der Waals surface area contributed by atoms with Gasteiger partial charge in [-0.05, 0) is 17.5 Å². The Balaban J connectivity index is 2.86. The molecular formula is C9H5BClN. The molecule has 56 valence electrons. The Hall–Kier alpha value is -1.02. The largest absolute Gasteiger partial charge is 0.236 e. The number of nitrogens with zero attached hydrogens (tertiary/aromatic N) is 1. The van der Waals surface area contributed by atoms with E-state index in [0.717, 1.165) is 16.4 Å². The van der Waals surface area contributed by atoms with E-state index in [1.807, 2.05) is 24.3 Å². The Morgan fingerprint density at radius 1 is 1.17 bits per heavy atom. The molecule has 0 N–H and O–H groups in total. The highest BCUT2D eigenvalue weighted by molar-refractivity contribution is 6.38. The standard InChI is InChI=1S/C9H5BClN/c10-7-2-1-3-8-6(7)4-5-9(11)12-8/h1-5H. The highest BCUT2D eigenvalue weighted by Gasteiger charge is 1.96. The first-order valence-corrected chi connectivity index (χ1v) is 3.96. The van der Waals surface area contributed by atoms with Crippen molar-refractivity contribution in [3.05, 3.63) is 35.5 Å². The number of aromatic nitrogens is 1. The van der Waals surface area contributed by atoms with Crippen LogP contribution in [-0.4, -0.2) is 12.8 Å². The molecule has 0 aliphatic carbocycles. The summed E-state index contributed by atoms with van der Waals surface area (Å²) < 4.78 is 0. The molecule has 0 amide bonds. The lowest BCUT2D eigenvalue weighted by atomic mass is 9.92. The van der Waals surface area contributed by atoms with Crippen molar-refractivity contribution < 1.29 is 0 Å². The molecule has 12 heavy (non-hydrogen) atoms. The van der Waals surface area contributed by atoms with Crippen molar-refractivity contribution in [2.45, 2.75) is 0 Å². The summed E-state index contributed by atoms with van der Waals surface area (Å²) in [5.74, 6) is 0. The van der Waals surface area contributed by atoms with Crippen LogP contribution in [0.2, 0.25) is 5.15 Å². The zero-order valence-electron chi connectivity index (χ0n) is 6.29. The average molecular weight is 173 g/mol. The number of hydrogen-bond acceptors (Lipinski definition) is 1. The van der Waals surface area contributed by atoms with E-state index in [9.17, 15) is 0 Å². The lowest BCUT2D eigenvalue weighted by Crippen LogP contribution is -2.02. The van der Waals surface area contributed by atoms with E-state index in [1.165, 1.54) is 0 Å². The molecule has 0 bridgehead atoms. The SMILES string of the molecule is [B]c1cccc2nc(Cl)ccc12. The van der Waals surface area contributed by atoms with E-state index in [2.05, 4.69) is 4.98 Å². The van der Waals surface area contributed by atoms with Gasteiger partial charge in [-0.1, -0.05) is 35.3 Å². The number of rotatable bonds is 0. The maximum atomic E-state index is 5.72. The van der Waals surface area contributed by atoms with Gasteiger partial charge in [-0.25, -0.2) is 4.98 Å². The van der Waals surface area contributed by atoms with Crippen molar-refractivity contribution in [2.75, 3.05) is 0 Å². The van der Waals surface area contributed by atoms with Gasteiger partial charge in [0.2, 0.25) is 0 Å². The first-order valence-electron chi connectivity index (χ1n) is 3.58. The predicted octanol–water partition coefficient (Wildman–Crippen LogP) is 1.68. The second-order valence-electron chi connectivity index (χ2n) is 2.55. The summed E-state index contributed by atoms with van der Waals surface area (Å²) in [6.45, 7) is 0. The van der Waals surface area contributed by atoms with Crippen LogP contribution in [0.4, 0.5) is 0 Å². The van der Waals surface area contributed by atoms with Gasteiger partial charge in [0.15, 0.2) is 0 Å². The minimum atomic E-state index is 0.494. The van der Waals surface area contributed by atoms with Crippen LogP contribution in [0.5, 0.6) is 0 Å². The predicted molar refractivity (Wildman–Crippen MR) is 52.1 cm³/mol. The lowest BCUT2D eigenvalue weighted by molar-refractivity contribution is 1.42. The smallest absolute Gasteiger partial charge is 0.129 e. The summed E-state index contributed by atoms with van der Waals surface area (Å²) >= 11 is 5.72. The minimum Gasteiger partial charge on any atom is -0.236 e. The van der Waals surface area contributed by atoms with Crippen LogP contribution in [0, 0.1) is 0 Å². The normalized spacial score (nSPS) is 10.4. The molecule has 2 aromatic rings. The number of benzene rings is 1. The summed E-state index contributed by atoms with van der Waals surface area (Å²) in [4.78, 5) is 4.12. The van der Waals surface area contributed by atoms with Crippen molar-refractivity contribution in [1.29, 1.82) is 0 Å². The fourth-order valence-corrected chi connectivity index (χ4v) is 1.31. The van der Waals surface area contributed by atoms with Crippen LogP contribution < -0.4 is 5.46 Å². The first kappa shape index (κ1) is 7.62. The Kier molecular flexibility index (Phi) is 1.78. The number of pyridine rings is 1. The van der Waals surface area contributed by atoms with Crippen molar-refractivity contribution in [3.63, 3.8) is 0 Å². The van der Waals surface area contributed by atoms with Crippen LogP contribution in [0.1, 0.15) is 0 Å². The average Bonchev–Trinajstić information content (AvgIpc) is 2.04. The van der Waals surface area contributed by atoms with Crippen molar-refractivity contribution in [3.8, 4) is 0 Å². The van der Waals surface area contributed by atoms with Gasteiger partial charge >= 0.3 is 0 Å². The molecule has 3 heteroatoms. The van der Waals surface area contributed by atoms with Gasteiger partial charge in [-0.15, -0.1) is 0 Å². The zero-order valence-corrected chi connectivity index (χ0v) is 7.05. The van der Waals surface area contributed by atoms with E-state index in [1.54, 1.807) is 6.07 Å². The maximum Gasteiger partial charge on any atom is 0.129 e. The number of fused-ring (bicyclic) bond motifs is 1. The summed E-state index contributed by atoms with van der Waals surface area (Å²) in [5.41, 5.74) is 1.57. The molecule has 2 radical (unpaired) electrons. The molecule has 2 rings (SSSR count). The molecular weight excluding hydrogens is 168 g/mol. The van der Waals surface area contributed by atoms with Crippen molar-refractivity contribution in [2.24, 2.45) is 0 Å². The van der Waals surface area contributed by atoms with Gasteiger partial charge in [-0.3, -0.25) is 0 Å². The van der Waals surface area contributed by atoms with E-state index >= 15 is 0 Å². The fraction of sp³-hybridized carbons (Fsp3) is 0. The van der Waals surface area contributed by atoms with Crippen LogP contribution in [0.25, 0.3) is 10.9 Å². The Labute approximate surface area is 76.8 Å². The van der Waals surface area contributed by atoms with Gasteiger partial charge < -0.3 is 0 Å². The van der Waals surface area contributed by atoms with Gasteiger partial charge in [-0.2, -0.15) is 0 Å². The Bertz CT molecular complexity index is 428. The summed E-state index contributed by atoms with van der Waals surface area (Å²) in [6.07, 6.45) is 0. The quantitative estimate of drug-likeness (QED) is 0.436. The molecule has 0 saturated heterocycles. The minimum absolute atomic E-state index is 0.494. The lowest BCUT2D eigenvalue weighted by Gasteiger charge is -2.00. The van der Waals surface area contributed by atoms with E-state index in [0.29, 0.717) is 5.15 Å². The van der Waals surface area contributed by atoms with Crippen LogP contribution in [0.3, 0.4) is 0 Å². The van der Waals surface area contributed by atoms with Gasteiger partial charge in [0.25, 0.3) is 0 Å². The molecule has 0 spiro atoms. The second-order valence-corrected chi connectivity index (χ2v) is 2.94. The molecule has 0 unspecified atom stereocenters. The highest BCUT2D eigenvalue weighted by atomic mass is 35.5. The molecule has 0 aliphatic rings. The zero-order chi connectivity index (χ0) is 8.55. The molecule has 1 nitrogen and oxygen atoms in total. The highest BCUT2D eigenvalue weighted by Crippen LogP contribution is 2.12. The molecule has 0 atom stereocenters. The molecule has 0 saturated carbocycles. The molecule has 1 aromatic carbocycles. The topological polar surface area (TPSA) is 12.9 Å². The summed E-state index contributed by atoms with van der Waals surface area (Å²) in [6, 6.07) is 9.21. The maximum absolute atomic E-state index is 5.72. The molecule has 1 aromatic heterocycles. The summed E-state index contributed by atoms with van der Waals surface area (Å²) in [5, 5.41) is 1.44. The van der Waals surface area contributed by atoms with Crippen LogP contribution >= 0.6 is 11.6 Å². The third-order valence-corrected chi connectivity index (χ3v) is 1.94. The van der Waals surface area contributed by atoms with Crippen molar-refractivity contribution in [1.82, 2.24) is 4.98 Å².